The molecule has 17 heteroatoms. The van der Waals surface area contributed by atoms with E-state index in [0.717, 1.165) is 38.8 Å². The Labute approximate surface area is 307 Å². The topological polar surface area (TPSA) is 103 Å². The summed E-state index contributed by atoms with van der Waals surface area (Å²) in [6.07, 6.45) is 6.86. The molecule has 4 aromatic rings. The third kappa shape index (κ3) is 11.1. The lowest BCUT2D eigenvalue weighted by molar-refractivity contribution is 0.215. The summed E-state index contributed by atoms with van der Waals surface area (Å²) in [6, 6.07) is 7.72. The molecular formula is C33H34Cl4F4N8O. The van der Waals surface area contributed by atoms with Gasteiger partial charge >= 0.3 is 6.03 Å². The van der Waals surface area contributed by atoms with Crippen LogP contribution < -0.4 is 26.2 Å². The van der Waals surface area contributed by atoms with Crippen molar-refractivity contribution in [1.82, 2.24) is 20.2 Å². The van der Waals surface area contributed by atoms with Crippen molar-refractivity contribution in [3.8, 4) is 0 Å². The highest BCUT2D eigenvalue weighted by Gasteiger charge is 2.23. The van der Waals surface area contributed by atoms with Gasteiger partial charge in [0.25, 0.3) is 0 Å². The van der Waals surface area contributed by atoms with Crippen LogP contribution in [0.25, 0.3) is 0 Å². The van der Waals surface area contributed by atoms with Gasteiger partial charge in [0.15, 0.2) is 11.6 Å². The molecule has 2 saturated heterocycles. The van der Waals surface area contributed by atoms with Crippen LogP contribution in [0.1, 0.15) is 12.8 Å². The molecule has 0 saturated carbocycles. The van der Waals surface area contributed by atoms with Crippen LogP contribution in [0, 0.1) is 23.3 Å². The molecule has 6 rings (SSSR count). The highest BCUT2D eigenvalue weighted by atomic mass is 35.5. The molecule has 9 nitrogen and oxygen atoms in total. The highest BCUT2D eigenvalue weighted by Crippen LogP contribution is 2.30. The van der Waals surface area contributed by atoms with Crippen molar-refractivity contribution in [2.45, 2.75) is 12.8 Å². The van der Waals surface area contributed by atoms with Gasteiger partial charge in [0.1, 0.15) is 11.6 Å². The highest BCUT2D eigenvalue weighted by molar-refractivity contribution is 6.33. The fourth-order valence-corrected chi connectivity index (χ4v) is 6.02. The van der Waals surface area contributed by atoms with Gasteiger partial charge < -0.3 is 31.1 Å². The number of hydrogen-bond donors (Lipinski definition) is 3. The van der Waals surface area contributed by atoms with Crippen LogP contribution in [0.2, 0.25) is 20.1 Å². The number of pyridine rings is 2. The van der Waals surface area contributed by atoms with Gasteiger partial charge in [-0.1, -0.05) is 46.4 Å². The molecule has 268 valence electrons. The number of nitrogens with one attached hydrogen (secondary N) is 2. The van der Waals surface area contributed by atoms with Crippen molar-refractivity contribution in [2.24, 2.45) is 0 Å². The van der Waals surface area contributed by atoms with Gasteiger partial charge in [-0.05, 0) is 55.8 Å². The Bertz CT molecular complexity index is 1710. The molecule has 2 fully saturated rings. The standard InChI is InChI=1S/C17H16Cl2F2N4O.C10H13ClFN3.C6H5ClFN/c18-12-8-11(2-3-14(12)20)23-17(26)25-5-1-4-24(6-7-25)16-13(19)9-22-10-15(16)21;11-8-6-14-7-9(12)10(8)15-4-1-2-13-3-5-15;7-5-3-4(9)1-2-6(5)8/h2-3,8-10H,1,4-7H2,(H,23,26);6-7,13H,1-5H2;1-3H,9H2. The number of aromatic nitrogens is 2. The van der Waals surface area contributed by atoms with Crippen LogP contribution in [0.4, 0.5) is 45.1 Å². The first-order valence-corrected chi connectivity index (χ1v) is 17.0. The number of nitrogen functional groups attached to an aromatic ring is 1. The average molecular weight is 776 g/mol. The van der Waals surface area contributed by atoms with E-state index >= 15 is 0 Å². The second-order valence-electron chi connectivity index (χ2n) is 11.1. The van der Waals surface area contributed by atoms with Crippen molar-refractivity contribution in [1.29, 1.82) is 0 Å². The zero-order valence-electron chi connectivity index (χ0n) is 26.6. The van der Waals surface area contributed by atoms with Crippen LogP contribution in [0.5, 0.6) is 0 Å². The molecule has 2 aromatic carbocycles. The summed E-state index contributed by atoms with van der Waals surface area (Å²) in [7, 11) is 0. The fourth-order valence-electron chi connectivity index (χ4n) is 5.12. The number of urea groups is 1. The second kappa shape index (κ2) is 19.0. The molecule has 4 heterocycles. The van der Waals surface area contributed by atoms with Gasteiger partial charge in [-0.25, -0.2) is 22.4 Å². The molecule has 0 bridgehead atoms. The minimum atomic E-state index is -0.550. The minimum absolute atomic E-state index is 0.0624. The maximum Gasteiger partial charge on any atom is 0.321 e. The third-order valence-electron chi connectivity index (χ3n) is 7.53. The zero-order valence-corrected chi connectivity index (χ0v) is 29.6. The first-order chi connectivity index (χ1) is 23.9. The lowest BCUT2D eigenvalue weighted by Gasteiger charge is -2.24. The molecule has 0 unspecified atom stereocenters. The van der Waals surface area contributed by atoms with Gasteiger partial charge in [-0.3, -0.25) is 9.97 Å². The van der Waals surface area contributed by atoms with Crippen LogP contribution in [0.3, 0.4) is 0 Å². The van der Waals surface area contributed by atoms with Crippen LogP contribution in [-0.2, 0) is 0 Å². The molecule has 50 heavy (non-hydrogen) atoms. The summed E-state index contributed by atoms with van der Waals surface area (Å²) in [6.45, 7) is 5.32. The number of hydrogen-bond acceptors (Lipinski definition) is 7. The maximum absolute atomic E-state index is 14.1. The molecule has 2 aliphatic heterocycles. The van der Waals surface area contributed by atoms with E-state index in [1.165, 1.54) is 55.0 Å². The van der Waals surface area contributed by atoms with Gasteiger partial charge in [0.05, 0.1) is 43.9 Å². The number of halogens is 8. The predicted molar refractivity (Wildman–Crippen MR) is 193 cm³/mol. The molecule has 0 spiro atoms. The molecule has 2 amide bonds. The normalized spacial score (nSPS) is 14.8. The van der Waals surface area contributed by atoms with Gasteiger partial charge in [0, 0.05) is 69.6 Å². The lowest BCUT2D eigenvalue weighted by Crippen LogP contribution is -2.38. The summed E-state index contributed by atoms with van der Waals surface area (Å²) >= 11 is 23.1. The maximum atomic E-state index is 14.1. The number of benzene rings is 2. The Morgan fingerprint density at radius 2 is 1.24 bits per heavy atom. The number of anilines is 4. The van der Waals surface area contributed by atoms with E-state index in [9.17, 15) is 22.4 Å². The number of amides is 2. The SMILES string of the molecule is Fc1cncc(Cl)c1N1CCCNCC1.Nc1ccc(F)c(Cl)c1.O=C(Nc1ccc(F)c(Cl)c1)N1CCCN(c2c(F)cncc2Cl)CC1. The second-order valence-corrected chi connectivity index (χ2v) is 12.7. The first kappa shape index (κ1) is 39.0. The van der Waals surface area contributed by atoms with Gasteiger partial charge in [-0.15, -0.1) is 0 Å². The molecule has 0 radical (unpaired) electrons. The summed E-state index contributed by atoms with van der Waals surface area (Å²) in [5.41, 5.74) is 6.94. The molecule has 4 N–H and O–H groups in total. The van der Waals surface area contributed by atoms with E-state index in [1.807, 2.05) is 4.90 Å². The van der Waals surface area contributed by atoms with Gasteiger partial charge in [0.2, 0.25) is 0 Å². The summed E-state index contributed by atoms with van der Waals surface area (Å²) in [4.78, 5) is 25.3. The molecule has 0 aliphatic carbocycles. The monoisotopic (exact) mass is 774 g/mol. The minimum Gasteiger partial charge on any atom is -0.399 e. The van der Waals surface area contributed by atoms with Crippen molar-refractivity contribution in [2.75, 3.05) is 73.2 Å². The Morgan fingerprint density at radius 1 is 0.660 bits per heavy atom. The summed E-state index contributed by atoms with van der Waals surface area (Å²) in [5, 5.41) is 6.58. The lowest BCUT2D eigenvalue weighted by atomic mass is 10.3. The van der Waals surface area contributed by atoms with E-state index < -0.39 is 17.5 Å². The van der Waals surface area contributed by atoms with Crippen LogP contribution >= 0.6 is 46.4 Å². The quantitative estimate of drug-likeness (QED) is 0.143. The smallest absolute Gasteiger partial charge is 0.321 e. The number of nitrogens with two attached hydrogens (primary N) is 1. The van der Waals surface area contributed by atoms with Crippen molar-refractivity contribution >= 4 is 75.2 Å². The van der Waals surface area contributed by atoms with Crippen LogP contribution in [0.15, 0.2) is 61.2 Å². The van der Waals surface area contributed by atoms with E-state index in [4.69, 9.17) is 52.1 Å². The van der Waals surface area contributed by atoms with E-state index in [2.05, 4.69) is 20.6 Å². The Hall–Kier alpha value is -3.75. The first-order valence-electron chi connectivity index (χ1n) is 15.4. The van der Waals surface area contributed by atoms with E-state index in [0.29, 0.717) is 60.4 Å². The van der Waals surface area contributed by atoms with Gasteiger partial charge in [-0.2, -0.15) is 0 Å². The Balaban J connectivity index is 0.000000195. The number of nitrogens with zero attached hydrogens (tertiary/aromatic N) is 5. The number of carbonyl (C=O) groups excluding carboxylic acids is 1. The summed E-state index contributed by atoms with van der Waals surface area (Å²) in [5.74, 6) is -1.82. The summed E-state index contributed by atoms with van der Waals surface area (Å²) < 4.78 is 53.1. The predicted octanol–water partition coefficient (Wildman–Crippen LogP) is 8.15. The van der Waals surface area contributed by atoms with E-state index in [1.54, 1.807) is 9.80 Å². The fraction of sp³-hybridized carbons (Fsp3) is 0.303. The molecule has 2 aromatic heterocycles. The Morgan fingerprint density at radius 3 is 1.82 bits per heavy atom. The Kier molecular flexibility index (Phi) is 14.9. The van der Waals surface area contributed by atoms with Crippen molar-refractivity contribution < 1.29 is 22.4 Å². The molecular weight excluding hydrogens is 742 g/mol. The zero-order chi connectivity index (χ0) is 36.2. The molecule has 0 atom stereocenters. The van der Waals surface area contributed by atoms with Crippen LogP contribution in [-0.4, -0.2) is 73.3 Å². The van der Waals surface area contributed by atoms with Crippen molar-refractivity contribution in [3.63, 3.8) is 0 Å². The number of carbonyl (C=O) groups is 1. The molecule has 2 aliphatic rings. The third-order valence-corrected chi connectivity index (χ3v) is 8.66. The van der Waals surface area contributed by atoms with E-state index in [-0.39, 0.29) is 26.9 Å². The van der Waals surface area contributed by atoms with Crippen molar-refractivity contribution in [3.05, 3.63) is 105 Å². The average Bonchev–Trinajstić information content (AvgIpc) is 3.49. The number of rotatable bonds is 3. The largest absolute Gasteiger partial charge is 0.399 e.